The molecule has 5 nitrogen and oxygen atoms in total. The van der Waals surface area contributed by atoms with Crippen LogP contribution in [0.1, 0.15) is 30.9 Å². The first-order chi connectivity index (χ1) is 11.2. The number of likely N-dealkylation sites (tertiary alicyclic amines) is 1. The molecule has 1 aliphatic rings. The fourth-order valence-electron chi connectivity index (χ4n) is 2.76. The van der Waals surface area contributed by atoms with Crippen molar-refractivity contribution in [3.63, 3.8) is 0 Å². The van der Waals surface area contributed by atoms with E-state index in [9.17, 15) is 4.79 Å². The molecular formula is C18H27ClN2O3. The summed E-state index contributed by atoms with van der Waals surface area (Å²) < 4.78 is 5.11. The summed E-state index contributed by atoms with van der Waals surface area (Å²) in [4.78, 5) is 19.4. The minimum absolute atomic E-state index is 0. The zero-order chi connectivity index (χ0) is 16.5. The van der Waals surface area contributed by atoms with E-state index in [1.165, 1.54) is 5.56 Å². The smallest absolute Gasteiger partial charge is 0.310 e. The predicted octanol–water partition coefficient (Wildman–Crippen LogP) is 3.04. The van der Waals surface area contributed by atoms with Crippen LogP contribution in [0.4, 0.5) is 0 Å². The minimum atomic E-state index is -0.0734. The molecule has 0 unspecified atom stereocenters. The number of rotatable bonds is 7. The normalized spacial score (nSPS) is 18.2. The molecule has 6 heteroatoms. The number of carbonyl (C=O) groups is 1. The Labute approximate surface area is 150 Å². The molecule has 24 heavy (non-hydrogen) atoms. The number of benzene rings is 1. The summed E-state index contributed by atoms with van der Waals surface area (Å²) in [6.07, 6.45) is 3.69. The van der Waals surface area contributed by atoms with Crippen molar-refractivity contribution in [2.75, 3.05) is 32.8 Å². The predicted molar refractivity (Wildman–Crippen MR) is 97.8 cm³/mol. The van der Waals surface area contributed by atoms with E-state index in [1.807, 2.05) is 38.1 Å². The molecule has 1 aromatic carbocycles. The van der Waals surface area contributed by atoms with E-state index in [0.29, 0.717) is 13.2 Å². The molecule has 0 aromatic heterocycles. The average Bonchev–Trinajstić information content (AvgIpc) is 2.57. The fourth-order valence-corrected chi connectivity index (χ4v) is 2.76. The van der Waals surface area contributed by atoms with Crippen molar-refractivity contribution in [3.8, 4) is 0 Å². The second kappa shape index (κ2) is 11.0. The van der Waals surface area contributed by atoms with E-state index in [4.69, 9.17) is 9.57 Å². The van der Waals surface area contributed by atoms with Gasteiger partial charge in [-0.15, -0.1) is 12.4 Å². The molecule has 0 radical (unpaired) electrons. The van der Waals surface area contributed by atoms with Crippen LogP contribution < -0.4 is 0 Å². The molecule has 1 fully saturated rings. The third kappa shape index (κ3) is 6.49. The summed E-state index contributed by atoms with van der Waals surface area (Å²) in [5.74, 6) is -0.0742. The Bertz CT molecular complexity index is 537. The van der Waals surface area contributed by atoms with Crippen LogP contribution in [-0.4, -0.2) is 49.9 Å². The second-order valence-corrected chi connectivity index (χ2v) is 5.82. The standard InChI is InChI=1S/C18H26N2O3.ClH/c1-3-22-18(21)17-9-6-10-20(14-17)11-12-23-19-13-16-8-5-4-7-15(16)2;/h4-5,7-8,13,17H,3,6,9-12,14H2,1-2H3;1H/b19-13+;/t17-;/m1./s1. The SMILES string of the molecule is CCOC(=O)[C@@H]1CCCN(CCO/N=C/c2ccccc2C)C1.Cl. The van der Waals surface area contributed by atoms with Gasteiger partial charge in [-0.3, -0.25) is 9.69 Å². The fraction of sp³-hybridized carbons (Fsp3) is 0.556. The molecule has 1 atom stereocenters. The molecule has 1 aliphatic heterocycles. The zero-order valence-corrected chi connectivity index (χ0v) is 15.3. The molecule has 0 aliphatic carbocycles. The summed E-state index contributed by atoms with van der Waals surface area (Å²) in [5, 5.41) is 4.03. The van der Waals surface area contributed by atoms with Gasteiger partial charge in [0.05, 0.1) is 18.7 Å². The first kappa shape index (κ1) is 20.5. The number of aryl methyl sites for hydroxylation is 1. The van der Waals surface area contributed by atoms with E-state index in [2.05, 4.69) is 10.1 Å². The highest BCUT2D eigenvalue weighted by molar-refractivity contribution is 5.85. The van der Waals surface area contributed by atoms with E-state index < -0.39 is 0 Å². The van der Waals surface area contributed by atoms with E-state index in [1.54, 1.807) is 6.21 Å². The van der Waals surface area contributed by atoms with Gasteiger partial charge >= 0.3 is 5.97 Å². The van der Waals surface area contributed by atoms with Gasteiger partial charge in [-0.25, -0.2) is 0 Å². The van der Waals surface area contributed by atoms with Crippen LogP contribution in [0.5, 0.6) is 0 Å². The number of hydrogen-bond donors (Lipinski definition) is 0. The average molecular weight is 355 g/mol. The van der Waals surface area contributed by atoms with Crippen LogP contribution in [0.15, 0.2) is 29.4 Å². The Balaban J connectivity index is 0.00000288. The summed E-state index contributed by atoms with van der Waals surface area (Å²) >= 11 is 0. The van der Waals surface area contributed by atoms with Crippen LogP contribution >= 0.6 is 12.4 Å². The van der Waals surface area contributed by atoms with Crippen molar-refractivity contribution in [3.05, 3.63) is 35.4 Å². The van der Waals surface area contributed by atoms with Crippen molar-refractivity contribution < 1.29 is 14.4 Å². The number of esters is 1. The highest BCUT2D eigenvalue weighted by atomic mass is 35.5. The maximum absolute atomic E-state index is 11.8. The molecule has 0 saturated carbocycles. The van der Waals surface area contributed by atoms with Crippen molar-refractivity contribution in [1.29, 1.82) is 0 Å². The summed E-state index contributed by atoms with van der Waals surface area (Å²) in [6.45, 7) is 7.40. The maximum Gasteiger partial charge on any atom is 0.310 e. The first-order valence-electron chi connectivity index (χ1n) is 8.30. The largest absolute Gasteiger partial charge is 0.466 e. The van der Waals surface area contributed by atoms with Crippen LogP contribution in [0.3, 0.4) is 0 Å². The second-order valence-electron chi connectivity index (χ2n) is 5.82. The topological polar surface area (TPSA) is 51.1 Å². The third-order valence-electron chi connectivity index (χ3n) is 4.08. The van der Waals surface area contributed by atoms with Gasteiger partial charge in [0.1, 0.15) is 6.61 Å². The first-order valence-corrected chi connectivity index (χ1v) is 8.30. The molecule has 134 valence electrons. The highest BCUT2D eigenvalue weighted by Gasteiger charge is 2.26. The number of piperidine rings is 1. The summed E-state index contributed by atoms with van der Waals surface area (Å²) in [5.41, 5.74) is 2.24. The van der Waals surface area contributed by atoms with Crippen LogP contribution in [0.25, 0.3) is 0 Å². The van der Waals surface area contributed by atoms with Crippen molar-refractivity contribution >= 4 is 24.6 Å². The molecule has 2 rings (SSSR count). The van der Waals surface area contributed by atoms with Crippen molar-refractivity contribution in [1.82, 2.24) is 4.90 Å². The van der Waals surface area contributed by atoms with Crippen LogP contribution in [0.2, 0.25) is 0 Å². The van der Waals surface area contributed by atoms with E-state index >= 15 is 0 Å². The lowest BCUT2D eigenvalue weighted by molar-refractivity contribution is -0.150. The molecule has 0 amide bonds. The van der Waals surface area contributed by atoms with Gasteiger partial charge in [0.2, 0.25) is 0 Å². The maximum atomic E-state index is 11.8. The van der Waals surface area contributed by atoms with Crippen molar-refractivity contribution in [2.24, 2.45) is 11.1 Å². The van der Waals surface area contributed by atoms with Crippen LogP contribution in [-0.2, 0) is 14.4 Å². The Kier molecular flexibility index (Phi) is 9.42. The minimum Gasteiger partial charge on any atom is -0.466 e. The molecule has 1 heterocycles. The molecule has 1 aromatic rings. The number of halogens is 1. The Morgan fingerprint density at radius 2 is 2.21 bits per heavy atom. The van der Waals surface area contributed by atoms with Gasteiger partial charge in [-0.05, 0) is 44.4 Å². The van der Waals surface area contributed by atoms with Gasteiger partial charge in [-0.1, -0.05) is 29.4 Å². The quantitative estimate of drug-likeness (QED) is 0.327. The van der Waals surface area contributed by atoms with E-state index in [0.717, 1.165) is 38.0 Å². The molecular weight excluding hydrogens is 328 g/mol. The summed E-state index contributed by atoms with van der Waals surface area (Å²) in [6, 6.07) is 8.04. The van der Waals surface area contributed by atoms with Gasteiger partial charge in [0.25, 0.3) is 0 Å². The van der Waals surface area contributed by atoms with Gasteiger partial charge in [-0.2, -0.15) is 0 Å². The number of ether oxygens (including phenoxy) is 1. The van der Waals surface area contributed by atoms with Gasteiger partial charge in [0, 0.05) is 13.1 Å². The monoisotopic (exact) mass is 354 g/mol. The molecule has 0 bridgehead atoms. The number of carbonyl (C=O) groups excluding carboxylic acids is 1. The number of hydrogen-bond acceptors (Lipinski definition) is 5. The highest BCUT2D eigenvalue weighted by Crippen LogP contribution is 2.17. The van der Waals surface area contributed by atoms with E-state index in [-0.39, 0.29) is 24.3 Å². The summed E-state index contributed by atoms with van der Waals surface area (Å²) in [7, 11) is 0. The zero-order valence-electron chi connectivity index (χ0n) is 14.4. The third-order valence-corrected chi connectivity index (χ3v) is 4.08. The lowest BCUT2D eigenvalue weighted by atomic mass is 9.98. The lowest BCUT2D eigenvalue weighted by Crippen LogP contribution is -2.40. The Morgan fingerprint density at radius 1 is 1.42 bits per heavy atom. The molecule has 0 spiro atoms. The molecule has 0 N–H and O–H groups in total. The van der Waals surface area contributed by atoms with Gasteiger partial charge < -0.3 is 9.57 Å². The lowest BCUT2D eigenvalue weighted by Gasteiger charge is -2.30. The Hall–Kier alpha value is -1.59. The van der Waals surface area contributed by atoms with Gasteiger partial charge in [0.15, 0.2) is 0 Å². The number of oxime groups is 1. The van der Waals surface area contributed by atoms with Crippen LogP contribution in [0, 0.1) is 12.8 Å². The van der Waals surface area contributed by atoms with Crippen molar-refractivity contribution in [2.45, 2.75) is 26.7 Å². The number of nitrogens with zero attached hydrogens (tertiary/aromatic N) is 2. The Morgan fingerprint density at radius 3 is 2.96 bits per heavy atom. The molecule has 1 saturated heterocycles.